The minimum absolute atomic E-state index is 0.114. The van der Waals surface area contributed by atoms with Gasteiger partial charge in [0.2, 0.25) is 5.88 Å². The van der Waals surface area contributed by atoms with Gasteiger partial charge >= 0.3 is 0 Å². The second kappa shape index (κ2) is 6.96. The van der Waals surface area contributed by atoms with Crippen LogP contribution in [-0.2, 0) is 0 Å². The van der Waals surface area contributed by atoms with Crippen molar-refractivity contribution >= 4 is 16.8 Å². The average molecular weight is 343 g/mol. The molecule has 2 N–H and O–H groups in total. The molecule has 0 aliphatic heterocycles. The van der Waals surface area contributed by atoms with E-state index in [0.29, 0.717) is 17.4 Å². The molecule has 0 spiro atoms. The number of hydrogen-bond donors (Lipinski definition) is 2. The summed E-state index contributed by atoms with van der Waals surface area (Å²) in [7, 11) is 1.56. The normalized spacial score (nSPS) is 21.1. The van der Waals surface area contributed by atoms with Crippen LogP contribution < -0.4 is 10.1 Å². The maximum Gasteiger partial charge on any atom is 0.253 e. The van der Waals surface area contributed by atoms with E-state index >= 15 is 0 Å². The third kappa shape index (κ3) is 4.07. The van der Waals surface area contributed by atoms with E-state index in [1.54, 1.807) is 31.6 Å². The number of aromatic nitrogens is 2. The van der Waals surface area contributed by atoms with Crippen molar-refractivity contribution in [3.05, 3.63) is 30.1 Å². The van der Waals surface area contributed by atoms with E-state index in [9.17, 15) is 9.90 Å². The Balaban J connectivity index is 1.65. The van der Waals surface area contributed by atoms with Gasteiger partial charge in [-0.2, -0.15) is 0 Å². The number of pyridine rings is 2. The molecule has 1 fully saturated rings. The van der Waals surface area contributed by atoms with Gasteiger partial charge in [-0.05, 0) is 51.5 Å². The van der Waals surface area contributed by atoms with Crippen molar-refractivity contribution in [2.45, 2.75) is 51.2 Å². The fourth-order valence-electron chi connectivity index (χ4n) is 3.45. The molecular formula is C19H25N3O3. The summed E-state index contributed by atoms with van der Waals surface area (Å²) in [5, 5.41) is 14.0. The van der Waals surface area contributed by atoms with Gasteiger partial charge in [0.1, 0.15) is 0 Å². The number of fused-ring (bicyclic) bond motifs is 1. The summed E-state index contributed by atoms with van der Waals surface area (Å²) >= 11 is 0. The molecule has 1 aliphatic carbocycles. The van der Waals surface area contributed by atoms with Crippen LogP contribution in [0.5, 0.6) is 5.88 Å². The average Bonchev–Trinajstić information content (AvgIpc) is 2.60. The Bertz CT molecular complexity index is 762. The molecule has 0 unspecified atom stereocenters. The molecule has 2 aromatic heterocycles. The second-order valence-electron chi connectivity index (χ2n) is 7.32. The first-order valence-electron chi connectivity index (χ1n) is 8.70. The van der Waals surface area contributed by atoms with E-state index in [2.05, 4.69) is 15.3 Å². The minimum atomic E-state index is -0.648. The number of nitrogens with one attached hydrogen (secondary N) is 1. The number of nitrogens with zero attached hydrogens (tertiary/aromatic N) is 2. The minimum Gasteiger partial charge on any atom is -0.481 e. The first kappa shape index (κ1) is 17.6. The van der Waals surface area contributed by atoms with Crippen molar-refractivity contribution in [2.75, 3.05) is 7.11 Å². The van der Waals surface area contributed by atoms with Crippen molar-refractivity contribution in [2.24, 2.45) is 5.92 Å². The zero-order chi connectivity index (χ0) is 18.0. The Kier molecular flexibility index (Phi) is 4.90. The lowest BCUT2D eigenvalue weighted by Gasteiger charge is -2.36. The number of aliphatic hydroxyl groups is 1. The predicted molar refractivity (Wildman–Crippen MR) is 95.6 cm³/mol. The first-order valence-corrected chi connectivity index (χ1v) is 8.70. The molecule has 134 valence electrons. The highest BCUT2D eigenvalue weighted by Crippen LogP contribution is 2.32. The Morgan fingerprint density at radius 1 is 1.20 bits per heavy atom. The molecule has 1 saturated carbocycles. The monoisotopic (exact) mass is 343 g/mol. The summed E-state index contributed by atoms with van der Waals surface area (Å²) in [6, 6.07) is 3.69. The lowest BCUT2D eigenvalue weighted by molar-refractivity contribution is -0.00257. The molecule has 1 amide bonds. The molecule has 25 heavy (non-hydrogen) atoms. The van der Waals surface area contributed by atoms with E-state index in [1.807, 2.05) is 13.8 Å². The standard InChI is InChI=1S/C19H25N3O3/c1-19(2,24)14-4-6-15(7-5-14)22-18(23)13-8-12-10-21-17(25-3)9-16(12)20-11-13/h8-11,14-15,24H,4-7H2,1-3H3,(H,22,23)/t14-,15-. The zero-order valence-electron chi connectivity index (χ0n) is 15.0. The molecule has 1 aliphatic rings. The summed E-state index contributed by atoms with van der Waals surface area (Å²) in [6.07, 6.45) is 6.87. The van der Waals surface area contributed by atoms with Crippen LogP contribution in [0.15, 0.2) is 24.5 Å². The van der Waals surface area contributed by atoms with E-state index in [0.717, 1.165) is 36.6 Å². The third-order valence-corrected chi connectivity index (χ3v) is 5.07. The van der Waals surface area contributed by atoms with Crippen molar-refractivity contribution in [3.8, 4) is 5.88 Å². The summed E-state index contributed by atoms with van der Waals surface area (Å²) in [4.78, 5) is 21.0. The Morgan fingerprint density at radius 2 is 1.92 bits per heavy atom. The molecular weight excluding hydrogens is 318 g/mol. The summed E-state index contributed by atoms with van der Waals surface area (Å²) in [5.74, 6) is 0.682. The van der Waals surface area contributed by atoms with Crippen LogP contribution in [0, 0.1) is 5.92 Å². The molecule has 0 saturated heterocycles. The topological polar surface area (TPSA) is 84.3 Å². The molecule has 0 atom stereocenters. The SMILES string of the molecule is COc1cc2ncc(C(=O)N[C@H]3CC[C@H](C(C)(C)O)CC3)cc2cn1. The van der Waals surface area contributed by atoms with Crippen LogP contribution in [-0.4, -0.2) is 39.7 Å². The smallest absolute Gasteiger partial charge is 0.253 e. The van der Waals surface area contributed by atoms with Gasteiger partial charge in [-0.3, -0.25) is 9.78 Å². The first-order chi connectivity index (χ1) is 11.9. The number of hydrogen-bond acceptors (Lipinski definition) is 5. The van der Waals surface area contributed by atoms with Crippen LogP contribution in [0.2, 0.25) is 0 Å². The highest BCUT2D eigenvalue weighted by molar-refractivity contribution is 5.97. The highest BCUT2D eigenvalue weighted by atomic mass is 16.5. The van der Waals surface area contributed by atoms with E-state index in [4.69, 9.17) is 4.74 Å². The van der Waals surface area contributed by atoms with Gasteiger partial charge in [0.25, 0.3) is 5.91 Å². The van der Waals surface area contributed by atoms with Gasteiger partial charge in [-0.15, -0.1) is 0 Å². The van der Waals surface area contributed by atoms with E-state index in [1.165, 1.54) is 0 Å². The predicted octanol–water partition coefficient (Wildman–Crippen LogP) is 2.70. The molecule has 0 aromatic carbocycles. The molecule has 0 bridgehead atoms. The Labute approximate surface area is 147 Å². The van der Waals surface area contributed by atoms with Gasteiger partial charge in [0.15, 0.2) is 0 Å². The number of methoxy groups -OCH3 is 1. The fraction of sp³-hybridized carbons (Fsp3) is 0.526. The van der Waals surface area contributed by atoms with Crippen LogP contribution in [0.4, 0.5) is 0 Å². The number of carbonyl (C=O) groups excluding carboxylic acids is 1. The van der Waals surface area contributed by atoms with Crippen molar-refractivity contribution in [1.29, 1.82) is 0 Å². The second-order valence-corrected chi connectivity index (χ2v) is 7.32. The molecule has 6 nitrogen and oxygen atoms in total. The van der Waals surface area contributed by atoms with Crippen LogP contribution >= 0.6 is 0 Å². The Morgan fingerprint density at radius 3 is 2.56 bits per heavy atom. The lowest BCUT2D eigenvalue weighted by atomic mass is 9.77. The molecule has 0 radical (unpaired) electrons. The van der Waals surface area contributed by atoms with Gasteiger partial charge in [-0.25, -0.2) is 4.98 Å². The highest BCUT2D eigenvalue weighted by Gasteiger charge is 2.31. The van der Waals surface area contributed by atoms with Crippen molar-refractivity contribution < 1.29 is 14.6 Å². The summed E-state index contributed by atoms with van der Waals surface area (Å²) < 4.78 is 5.08. The number of rotatable bonds is 4. The number of ether oxygens (including phenoxy) is 1. The Hall–Kier alpha value is -2.21. The van der Waals surface area contributed by atoms with Crippen LogP contribution in [0.3, 0.4) is 0 Å². The summed E-state index contributed by atoms with van der Waals surface area (Å²) in [5.41, 5.74) is 0.629. The largest absolute Gasteiger partial charge is 0.481 e. The lowest BCUT2D eigenvalue weighted by Crippen LogP contribution is -2.41. The summed E-state index contributed by atoms with van der Waals surface area (Å²) in [6.45, 7) is 3.72. The number of carbonyl (C=O) groups is 1. The van der Waals surface area contributed by atoms with E-state index in [-0.39, 0.29) is 11.9 Å². The van der Waals surface area contributed by atoms with E-state index < -0.39 is 5.60 Å². The van der Waals surface area contributed by atoms with Crippen molar-refractivity contribution in [3.63, 3.8) is 0 Å². The molecule has 2 heterocycles. The fourth-order valence-corrected chi connectivity index (χ4v) is 3.45. The quantitative estimate of drug-likeness (QED) is 0.892. The van der Waals surface area contributed by atoms with Gasteiger partial charge in [0.05, 0.1) is 23.8 Å². The van der Waals surface area contributed by atoms with Gasteiger partial charge in [-0.1, -0.05) is 0 Å². The zero-order valence-corrected chi connectivity index (χ0v) is 15.0. The molecule has 2 aromatic rings. The number of amides is 1. The van der Waals surface area contributed by atoms with Crippen molar-refractivity contribution in [1.82, 2.24) is 15.3 Å². The maximum absolute atomic E-state index is 12.5. The van der Waals surface area contributed by atoms with Gasteiger partial charge in [0, 0.05) is 29.9 Å². The molecule has 6 heteroatoms. The van der Waals surface area contributed by atoms with Crippen LogP contribution in [0.1, 0.15) is 49.9 Å². The third-order valence-electron chi connectivity index (χ3n) is 5.07. The molecule has 3 rings (SSSR count). The van der Waals surface area contributed by atoms with Crippen LogP contribution in [0.25, 0.3) is 10.9 Å². The maximum atomic E-state index is 12.5. The van der Waals surface area contributed by atoms with Gasteiger partial charge < -0.3 is 15.2 Å².